The number of nitrogens with zero attached hydrogens (tertiary/aromatic N) is 1. The topological polar surface area (TPSA) is 26.0 Å². The fourth-order valence-corrected chi connectivity index (χ4v) is 1.91. The molecular weight excluding hydrogens is 322 g/mol. The number of halogens is 2. The van der Waals surface area contributed by atoms with Crippen LogP contribution in [0, 0.1) is 6.92 Å². The van der Waals surface area contributed by atoms with E-state index >= 15 is 0 Å². The SMILES string of the molecule is Cc1ccc(-c2cc(CBr)on2)cc1Br. The average molecular weight is 331 g/mol. The van der Waals surface area contributed by atoms with Crippen LogP contribution in [0.15, 0.2) is 33.3 Å². The highest BCUT2D eigenvalue weighted by molar-refractivity contribution is 9.10. The third kappa shape index (κ3) is 2.32. The third-order valence-electron chi connectivity index (χ3n) is 2.16. The van der Waals surface area contributed by atoms with E-state index in [1.807, 2.05) is 18.2 Å². The Morgan fingerprint density at radius 3 is 2.73 bits per heavy atom. The van der Waals surface area contributed by atoms with Crippen LogP contribution >= 0.6 is 31.9 Å². The Bertz CT molecular complexity index is 479. The number of hydrogen-bond donors (Lipinski definition) is 0. The first kappa shape index (κ1) is 10.9. The van der Waals surface area contributed by atoms with Gasteiger partial charge in [-0.2, -0.15) is 0 Å². The number of benzene rings is 1. The summed E-state index contributed by atoms with van der Waals surface area (Å²) >= 11 is 6.83. The van der Waals surface area contributed by atoms with E-state index in [4.69, 9.17) is 4.52 Å². The molecule has 1 aromatic heterocycles. The molecule has 4 heteroatoms. The second-order valence-corrected chi connectivity index (χ2v) is 4.69. The highest BCUT2D eigenvalue weighted by atomic mass is 79.9. The normalized spacial score (nSPS) is 10.6. The minimum Gasteiger partial charge on any atom is -0.360 e. The van der Waals surface area contributed by atoms with Gasteiger partial charge in [-0.15, -0.1) is 0 Å². The summed E-state index contributed by atoms with van der Waals surface area (Å²) in [6.45, 7) is 2.06. The molecule has 2 rings (SSSR count). The lowest BCUT2D eigenvalue weighted by atomic mass is 10.1. The number of alkyl halides is 1. The average Bonchev–Trinajstić information content (AvgIpc) is 2.70. The van der Waals surface area contributed by atoms with E-state index in [-0.39, 0.29) is 0 Å². The third-order valence-corrected chi connectivity index (χ3v) is 3.57. The maximum absolute atomic E-state index is 5.13. The monoisotopic (exact) mass is 329 g/mol. The summed E-state index contributed by atoms with van der Waals surface area (Å²) in [6, 6.07) is 8.08. The molecule has 1 heterocycles. The second-order valence-electron chi connectivity index (χ2n) is 3.28. The molecule has 0 amide bonds. The molecule has 0 aliphatic carbocycles. The molecule has 0 radical (unpaired) electrons. The van der Waals surface area contributed by atoms with E-state index in [1.54, 1.807) is 0 Å². The van der Waals surface area contributed by atoms with Crippen LogP contribution in [-0.2, 0) is 5.33 Å². The number of aromatic nitrogens is 1. The maximum Gasteiger partial charge on any atom is 0.147 e. The molecule has 0 saturated carbocycles. The van der Waals surface area contributed by atoms with Crippen LogP contribution < -0.4 is 0 Å². The molecule has 0 atom stereocenters. The van der Waals surface area contributed by atoms with Crippen LogP contribution in [0.25, 0.3) is 11.3 Å². The fourth-order valence-electron chi connectivity index (χ4n) is 1.26. The Kier molecular flexibility index (Phi) is 3.26. The molecule has 1 aromatic carbocycles. The van der Waals surface area contributed by atoms with Crippen molar-refractivity contribution < 1.29 is 4.52 Å². The molecule has 0 spiro atoms. The highest BCUT2D eigenvalue weighted by Crippen LogP contribution is 2.25. The van der Waals surface area contributed by atoms with Crippen LogP contribution in [0.2, 0.25) is 0 Å². The van der Waals surface area contributed by atoms with E-state index in [9.17, 15) is 0 Å². The minimum atomic E-state index is 0.688. The van der Waals surface area contributed by atoms with Crippen molar-refractivity contribution in [2.24, 2.45) is 0 Å². The first-order valence-electron chi connectivity index (χ1n) is 4.49. The maximum atomic E-state index is 5.13. The lowest BCUT2D eigenvalue weighted by molar-refractivity contribution is 0.398. The molecular formula is C11H9Br2NO. The molecule has 2 nitrogen and oxygen atoms in total. The second kappa shape index (κ2) is 4.49. The molecule has 0 unspecified atom stereocenters. The van der Waals surface area contributed by atoms with E-state index in [2.05, 4.69) is 50.0 Å². The number of rotatable bonds is 2. The quantitative estimate of drug-likeness (QED) is 0.767. The summed E-state index contributed by atoms with van der Waals surface area (Å²) < 4.78 is 6.21. The van der Waals surface area contributed by atoms with Gasteiger partial charge in [0.15, 0.2) is 0 Å². The molecule has 0 N–H and O–H groups in total. The van der Waals surface area contributed by atoms with Gasteiger partial charge in [-0.05, 0) is 18.6 Å². The van der Waals surface area contributed by atoms with Crippen molar-refractivity contribution in [3.05, 3.63) is 40.1 Å². The summed E-state index contributed by atoms with van der Waals surface area (Å²) in [6.07, 6.45) is 0. The minimum absolute atomic E-state index is 0.688. The van der Waals surface area contributed by atoms with Crippen LogP contribution in [0.4, 0.5) is 0 Å². The van der Waals surface area contributed by atoms with Crippen molar-refractivity contribution in [1.29, 1.82) is 0 Å². The summed E-state index contributed by atoms with van der Waals surface area (Å²) in [7, 11) is 0. The zero-order chi connectivity index (χ0) is 10.8. The Balaban J connectivity index is 2.40. The van der Waals surface area contributed by atoms with Gasteiger partial charge >= 0.3 is 0 Å². The van der Waals surface area contributed by atoms with E-state index in [1.165, 1.54) is 5.56 Å². The van der Waals surface area contributed by atoms with Gasteiger partial charge in [0.05, 0.1) is 5.33 Å². The first-order valence-corrected chi connectivity index (χ1v) is 6.40. The zero-order valence-electron chi connectivity index (χ0n) is 8.13. The van der Waals surface area contributed by atoms with Crippen molar-refractivity contribution in [1.82, 2.24) is 5.16 Å². The largest absolute Gasteiger partial charge is 0.360 e. The van der Waals surface area contributed by atoms with Crippen molar-refractivity contribution in [2.75, 3.05) is 0 Å². The summed E-state index contributed by atoms with van der Waals surface area (Å²) in [4.78, 5) is 0. The van der Waals surface area contributed by atoms with E-state index in [0.717, 1.165) is 21.5 Å². The molecule has 0 bridgehead atoms. The van der Waals surface area contributed by atoms with Gasteiger partial charge in [0.2, 0.25) is 0 Å². The van der Waals surface area contributed by atoms with Gasteiger partial charge in [-0.3, -0.25) is 0 Å². The number of aryl methyl sites for hydroxylation is 1. The zero-order valence-corrected chi connectivity index (χ0v) is 11.3. The Hall–Kier alpha value is -0.610. The molecule has 0 aliphatic heterocycles. The lowest BCUT2D eigenvalue weighted by Crippen LogP contribution is -1.80. The first-order chi connectivity index (χ1) is 7.20. The van der Waals surface area contributed by atoms with Crippen molar-refractivity contribution >= 4 is 31.9 Å². The van der Waals surface area contributed by atoms with Crippen molar-refractivity contribution in [2.45, 2.75) is 12.3 Å². The van der Waals surface area contributed by atoms with Crippen LogP contribution in [0.1, 0.15) is 11.3 Å². The fraction of sp³-hybridized carbons (Fsp3) is 0.182. The Labute approximate surface area is 105 Å². The summed E-state index contributed by atoms with van der Waals surface area (Å²) in [5.74, 6) is 0.835. The van der Waals surface area contributed by atoms with Crippen LogP contribution in [-0.4, -0.2) is 5.16 Å². The Morgan fingerprint density at radius 1 is 1.33 bits per heavy atom. The number of hydrogen-bond acceptors (Lipinski definition) is 2. The molecule has 0 fully saturated rings. The van der Waals surface area contributed by atoms with Gasteiger partial charge in [0.25, 0.3) is 0 Å². The Morgan fingerprint density at radius 2 is 2.13 bits per heavy atom. The predicted molar refractivity (Wildman–Crippen MR) is 67.0 cm³/mol. The van der Waals surface area contributed by atoms with Crippen LogP contribution in [0.3, 0.4) is 0 Å². The van der Waals surface area contributed by atoms with Gasteiger partial charge in [0, 0.05) is 16.1 Å². The van der Waals surface area contributed by atoms with E-state index < -0.39 is 0 Å². The van der Waals surface area contributed by atoms with Gasteiger partial charge in [-0.25, -0.2) is 0 Å². The highest BCUT2D eigenvalue weighted by Gasteiger charge is 2.06. The summed E-state index contributed by atoms with van der Waals surface area (Å²) in [5, 5.41) is 4.69. The molecule has 2 aromatic rings. The lowest BCUT2D eigenvalue weighted by Gasteiger charge is -1.99. The van der Waals surface area contributed by atoms with Gasteiger partial charge < -0.3 is 4.52 Å². The van der Waals surface area contributed by atoms with E-state index in [0.29, 0.717) is 5.33 Å². The van der Waals surface area contributed by atoms with Crippen LogP contribution in [0.5, 0.6) is 0 Å². The smallest absolute Gasteiger partial charge is 0.147 e. The van der Waals surface area contributed by atoms with Gasteiger partial charge in [-0.1, -0.05) is 49.1 Å². The molecule has 78 valence electrons. The molecule has 15 heavy (non-hydrogen) atoms. The predicted octanol–water partition coefficient (Wildman–Crippen LogP) is 4.31. The summed E-state index contributed by atoms with van der Waals surface area (Å²) in [5.41, 5.74) is 3.14. The van der Waals surface area contributed by atoms with Gasteiger partial charge in [0.1, 0.15) is 11.5 Å². The standard InChI is InChI=1S/C11H9Br2NO/c1-7-2-3-8(4-10(7)13)11-5-9(6-12)15-14-11/h2-5H,6H2,1H3. The van der Waals surface area contributed by atoms with Crippen molar-refractivity contribution in [3.63, 3.8) is 0 Å². The molecule has 0 aliphatic rings. The molecule has 0 saturated heterocycles. The van der Waals surface area contributed by atoms with Crippen molar-refractivity contribution in [3.8, 4) is 11.3 Å².